The van der Waals surface area contributed by atoms with Crippen molar-refractivity contribution in [1.29, 1.82) is 0 Å². The van der Waals surface area contributed by atoms with E-state index in [2.05, 4.69) is 20.9 Å². The Labute approximate surface area is 161 Å². The van der Waals surface area contributed by atoms with Crippen molar-refractivity contribution in [3.05, 3.63) is 58.8 Å². The zero-order valence-corrected chi connectivity index (χ0v) is 15.9. The van der Waals surface area contributed by atoms with Crippen LogP contribution >= 0.6 is 15.9 Å². The minimum absolute atomic E-state index is 0.0149. The van der Waals surface area contributed by atoms with Crippen molar-refractivity contribution in [1.82, 2.24) is 9.88 Å². The van der Waals surface area contributed by atoms with Gasteiger partial charge in [-0.3, -0.25) is 14.6 Å². The van der Waals surface area contributed by atoms with Gasteiger partial charge in [-0.15, -0.1) is 0 Å². The summed E-state index contributed by atoms with van der Waals surface area (Å²) >= 11 is 3.44. The Morgan fingerprint density at radius 2 is 2.00 bits per heavy atom. The smallest absolute Gasteiger partial charge is 0.228 e. The van der Waals surface area contributed by atoms with Gasteiger partial charge in [-0.25, -0.2) is 0 Å². The van der Waals surface area contributed by atoms with Crippen LogP contribution in [0.1, 0.15) is 30.9 Å². The molecule has 2 fully saturated rings. The second-order valence-electron chi connectivity index (χ2n) is 6.86. The number of carbonyl (C=O) groups is 2. The minimum atomic E-state index is -0.274. The molecule has 0 unspecified atom stereocenters. The van der Waals surface area contributed by atoms with Gasteiger partial charge in [0.2, 0.25) is 11.8 Å². The molecule has 5 nitrogen and oxygen atoms in total. The molecule has 6 heteroatoms. The van der Waals surface area contributed by atoms with Crippen LogP contribution < -0.4 is 4.90 Å². The summed E-state index contributed by atoms with van der Waals surface area (Å²) in [4.78, 5) is 33.4. The van der Waals surface area contributed by atoms with Gasteiger partial charge in [0.25, 0.3) is 0 Å². The van der Waals surface area contributed by atoms with Crippen molar-refractivity contribution in [3.8, 4) is 0 Å². The summed E-state index contributed by atoms with van der Waals surface area (Å²) in [6.07, 6.45) is 5.78. The molecular weight excluding hydrogens is 394 g/mol. The molecule has 1 aromatic carbocycles. The largest absolute Gasteiger partial charge is 0.335 e. The van der Waals surface area contributed by atoms with E-state index in [-0.39, 0.29) is 30.2 Å². The molecule has 0 radical (unpaired) electrons. The maximum Gasteiger partial charge on any atom is 0.228 e. The first-order valence-electron chi connectivity index (χ1n) is 8.90. The van der Waals surface area contributed by atoms with Crippen molar-refractivity contribution < 1.29 is 9.59 Å². The summed E-state index contributed by atoms with van der Waals surface area (Å²) in [5.74, 6) is -0.166. The van der Waals surface area contributed by atoms with Crippen molar-refractivity contribution in [2.75, 3.05) is 18.0 Å². The normalized spacial score (nSPS) is 22.9. The fourth-order valence-electron chi connectivity index (χ4n) is 3.96. The van der Waals surface area contributed by atoms with Crippen LogP contribution in [0, 0.1) is 5.92 Å². The number of nitrogens with zero attached hydrogens (tertiary/aromatic N) is 3. The van der Waals surface area contributed by atoms with Crippen LogP contribution in [-0.2, 0) is 9.59 Å². The second kappa shape index (κ2) is 7.19. The van der Waals surface area contributed by atoms with E-state index in [0.717, 1.165) is 35.1 Å². The topological polar surface area (TPSA) is 53.5 Å². The number of rotatable bonds is 3. The van der Waals surface area contributed by atoms with Gasteiger partial charge in [-0.05, 0) is 48.7 Å². The van der Waals surface area contributed by atoms with Gasteiger partial charge in [0.1, 0.15) is 0 Å². The highest BCUT2D eigenvalue weighted by atomic mass is 79.9. The Bertz CT molecular complexity index is 827. The van der Waals surface area contributed by atoms with Gasteiger partial charge in [0.05, 0.1) is 12.0 Å². The molecule has 2 saturated heterocycles. The lowest BCUT2D eigenvalue weighted by Crippen LogP contribution is -2.37. The predicted octanol–water partition coefficient (Wildman–Crippen LogP) is 3.56. The van der Waals surface area contributed by atoms with Crippen molar-refractivity contribution >= 4 is 33.4 Å². The molecule has 0 saturated carbocycles. The number of hydrogen-bond acceptors (Lipinski definition) is 3. The number of carbonyl (C=O) groups excluding carboxylic acids is 2. The predicted molar refractivity (Wildman–Crippen MR) is 103 cm³/mol. The Balaban J connectivity index is 1.51. The first-order valence-corrected chi connectivity index (χ1v) is 9.69. The molecule has 3 heterocycles. The minimum Gasteiger partial charge on any atom is -0.335 e. The summed E-state index contributed by atoms with van der Waals surface area (Å²) < 4.78 is 0.926. The summed E-state index contributed by atoms with van der Waals surface area (Å²) in [6.45, 7) is 1.21. The first-order chi connectivity index (χ1) is 12.6. The van der Waals surface area contributed by atoms with E-state index in [1.165, 1.54) is 0 Å². The van der Waals surface area contributed by atoms with E-state index in [1.807, 2.05) is 41.3 Å². The monoisotopic (exact) mass is 413 g/mol. The van der Waals surface area contributed by atoms with Crippen LogP contribution in [0.3, 0.4) is 0 Å². The lowest BCUT2D eigenvalue weighted by atomic mass is 10.0. The molecule has 4 rings (SSSR count). The molecule has 2 aliphatic heterocycles. The van der Waals surface area contributed by atoms with Gasteiger partial charge in [-0.2, -0.15) is 0 Å². The summed E-state index contributed by atoms with van der Waals surface area (Å²) in [5.41, 5.74) is 1.96. The molecule has 2 amide bonds. The number of aromatic nitrogens is 1. The summed E-state index contributed by atoms with van der Waals surface area (Å²) in [6, 6.07) is 11.7. The summed E-state index contributed by atoms with van der Waals surface area (Å²) in [5, 5.41) is 0. The Hall–Kier alpha value is -2.21. The van der Waals surface area contributed by atoms with E-state index in [0.29, 0.717) is 6.54 Å². The Morgan fingerprint density at radius 3 is 2.77 bits per heavy atom. The van der Waals surface area contributed by atoms with E-state index < -0.39 is 0 Å². The maximum absolute atomic E-state index is 13.1. The fraction of sp³-hybridized carbons (Fsp3) is 0.350. The van der Waals surface area contributed by atoms with E-state index in [4.69, 9.17) is 0 Å². The Morgan fingerprint density at radius 1 is 1.19 bits per heavy atom. The average Bonchev–Trinajstić information content (AvgIpc) is 3.29. The van der Waals surface area contributed by atoms with Crippen LogP contribution in [0.2, 0.25) is 0 Å². The number of benzene rings is 1. The highest BCUT2D eigenvalue weighted by Crippen LogP contribution is 2.35. The molecule has 134 valence electrons. The van der Waals surface area contributed by atoms with Gasteiger partial charge in [0, 0.05) is 42.1 Å². The van der Waals surface area contributed by atoms with Crippen LogP contribution in [-0.4, -0.2) is 34.8 Å². The summed E-state index contributed by atoms with van der Waals surface area (Å²) in [7, 11) is 0. The molecule has 0 bridgehead atoms. The highest BCUT2D eigenvalue weighted by molar-refractivity contribution is 9.10. The molecule has 0 spiro atoms. The standard InChI is InChI=1S/C20H20BrN3O2/c21-16-3-1-4-17(12-16)24-13-15(11-19(24)25)20(26)23-10-2-5-18(23)14-6-8-22-9-7-14/h1,3-4,6-9,12,15,18H,2,5,10-11,13H2/t15-,18+/m0/s1. The molecule has 2 atom stereocenters. The third kappa shape index (κ3) is 3.26. The third-order valence-electron chi connectivity index (χ3n) is 5.22. The number of hydrogen-bond donors (Lipinski definition) is 0. The zero-order valence-electron chi connectivity index (χ0n) is 14.3. The van der Waals surface area contributed by atoms with Crippen LogP contribution in [0.15, 0.2) is 53.3 Å². The second-order valence-corrected chi connectivity index (χ2v) is 7.77. The molecular formula is C20H20BrN3O2. The maximum atomic E-state index is 13.1. The van der Waals surface area contributed by atoms with Crippen molar-refractivity contribution in [3.63, 3.8) is 0 Å². The highest BCUT2D eigenvalue weighted by Gasteiger charge is 2.40. The number of halogens is 1. The number of likely N-dealkylation sites (tertiary alicyclic amines) is 1. The average molecular weight is 414 g/mol. The first kappa shape index (κ1) is 17.2. The van der Waals surface area contributed by atoms with Crippen molar-refractivity contribution in [2.24, 2.45) is 5.92 Å². The molecule has 1 aromatic heterocycles. The van der Waals surface area contributed by atoms with Gasteiger partial charge < -0.3 is 9.80 Å². The van der Waals surface area contributed by atoms with Gasteiger partial charge in [-0.1, -0.05) is 22.0 Å². The lowest BCUT2D eigenvalue weighted by Gasteiger charge is -2.27. The molecule has 0 N–H and O–H groups in total. The van der Waals surface area contributed by atoms with E-state index in [1.54, 1.807) is 17.3 Å². The molecule has 2 aromatic rings. The molecule has 0 aliphatic carbocycles. The number of pyridine rings is 1. The SMILES string of the molecule is O=C1C[C@H](C(=O)N2CCC[C@@H]2c2ccncc2)CN1c1cccc(Br)c1. The fourth-order valence-corrected chi connectivity index (χ4v) is 4.35. The molecule has 26 heavy (non-hydrogen) atoms. The van der Waals surface area contributed by atoms with Crippen molar-refractivity contribution in [2.45, 2.75) is 25.3 Å². The van der Waals surface area contributed by atoms with E-state index in [9.17, 15) is 9.59 Å². The van der Waals surface area contributed by atoms with Crippen LogP contribution in [0.4, 0.5) is 5.69 Å². The van der Waals surface area contributed by atoms with Crippen LogP contribution in [0.5, 0.6) is 0 Å². The number of anilines is 1. The number of amides is 2. The van der Waals surface area contributed by atoms with Gasteiger partial charge >= 0.3 is 0 Å². The lowest BCUT2D eigenvalue weighted by molar-refractivity contribution is -0.136. The quantitative estimate of drug-likeness (QED) is 0.772. The third-order valence-corrected chi connectivity index (χ3v) is 5.71. The molecule has 2 aliphatic rings. The van der Waals surface area contributed by atoms with Gasteiger partial charge in [0.15, 0.2) is 0 Å². The zero-order chi connectivity index (χ0) is 18.1. The Kier molecular flexibility index (Phi) is 4.76. The van der Waals surface area contributed by atoms with E-state index >= 15 is 0 Å². The van der Waals surface area contributed by atoms with Crippen LogP contribution in [0.25, 0.3) is 0 Å².